The molecule has 0 saturated heterocycles. The van der Waals surface area contributed by atoms with Crippen LogP contribution in [-0.2, 0) is 19.5 Å². The van der Waals surface area contributed by atoms with Crippen molar-refractivity contribution in [2.45, 2.75) is 19.5 Å². The number of anilines is 1. The minimum Gasteiger partial charge on any atom is -0.478 e. The Morgan fingerprint density at radius 1 is 0.914 bits per heavy atom. The molecule has 8 nitrogen and oxygen atoms in total. The molecule has 0 aliphatic rings. The molecule has 3 N–H and O–H groups in total. The van der Waals surface area contributed by atoms with Gasteiger partial charge in [0.15, 0.2) is 0 Å². The van der Waals surface area contributed by atoms with Gasteiger partial charge in [0.2, 0.25) is 5.95 Å². The quantitative estimate of drug-likeness (QED) is 0.377. The summed E-state index contributed by atoms with van der Waals surface area (Å²) in [6.45, 7) is 0.864. The molecule has 0 saturated carbocycles. The highest BCUT2D eigenvalue weighted by molar-refractivity contribution is 5.87. The van der Waals surface area contributed by atoms with Gasteiger partial charge in [0.25, 0.3) is 5.56 Å². The second kappa shape index (κ2) is 9.26. The van der Waals surface area contributed by atoms with Gasteiger partial charge >= 0.3 is 5.97 Å². The number of hydrogen-bond acceptors (Lipinski definition) is 5. The maximum Gasteiger partial charge on any atom is 0.335 e. The van der Waals surface area contributed by atoms with E-state index >= 15 is 0 Å². The van der Waals surface area contributed by atoms with Crippen molar-refractivity contribution in [3.8, 4) is 11.3 Å². The molecule has 2 aromatic heterocycles. The topological polar surface area (TPSA) is 116 Å². The van der Waals surface area contributed by atoms with Crippen LogP contribution in [0.1, 0.15) is 21.5 Å². The lowest BCUT2D eigenvalue weighted by atomic mass is 10.1. The third kappa shape index (κ3) is 4.67. The van der Waals surface area contributed by atoms with E-state index in [-0.39, 0.29) is 17.7 Å². The van der Waals surface area contributed by atoms with E-state index < -0.39 is 5.97 Å². The number of fused-ring (bicyclic) bond motifs is 1. The van der Waals surface area contributed by atoms with Crippen LogP contribution in [0.15, 0.2) is 89.7 Å². The Bertz CT molecular complexity index is 1600. The van der Waals surface area contributed by atoms with Crippen LogP contribution < -0.4 is 11.3 Å². The van der Waals surface area contributed by atoms with Crippen LogP contribution in [0.4, 0.5) is 5.95 Å². The summed E-state index contributed by atoms with van der Waals surface area (Å²) in [7, 11) is 0. The van der Waals surface area contributed by atoms with E-state index in [1.807, 2.05) is 47.0 Å². The first-order valence-corrected chi connectivity index (χ1v) is 11.2. The molecule has 0 spiro atoms. The first-order chi connectivity index (χ1) is 17.0. The standard InChI is InChI=1S/C27H23N5O3/c28-27-29-23-9-1-2-10-24(23)31(27)14-13-18-5-3-7-20(15-18)22-11-12-25(33)32(30-22)17-19-6-4-8-21(16-19)26(34)35/h1-12,15-16H,13-14,17H2,(H2,28,29)(H,34,35). The van der Waals surface area contributed by atoms with E-state index in [4.69, 9.17) is 5.73 Å². The van der Waals surface area contributed by atoms with Gasteiger partial charge in [-0.1, -0.05) is 42.5 Å². The van der Waals surface area contributed by atoms with Crippen molar-refractivity contribution in [3.05, 3.63) is 112 Å². The Balaban J connectivity index is 1.38. The highest BCUT2D eigenvalue weighted by atomic mass is 16.4. The van der Waals surface area contributed by atoms with Gasteiger partial charge in [-0.05, 0) is 53.9 Å². The number of aryl methyl sites for hydroxylation is 2. The summed E-state index contributed by atoms with van der Waals surface area (Å²) in [6.07, 6.45) is 0.750. The molecule has 0 aliphatic heterocycles. The molecule has 174 valence electrons. The fraction of sp³-hybridized carbons (Fsp3) is 0.111. The largest absolute Gasteiger partial charge is 0.478 e. The molecule has 2 heterocycles. The number of hydrogen-bond donors (Lipinski definition) is 2. The van der Waals surface area contributed by atoms with Crippen LogP contribution in [0.3, 0.4) is 0 Å². The molecule has 0 aliphatic carbocycles. The van der Waals surface area contributed by atoms with Crippen LogP contribution >= 0.6 is 0 Å². The van der Waals surface area contributed by atoms with Crippen LogP contribution in [0.25, 0.3) is 22.3 Å². The van der Waals surface area contributed by atoms with E-state index in [9.17, 15) is 14.7 Å². The lowest BCUT2D eigenvalue weighted by molar-refractivity contribution is 0.0696. The summed E-state index contributed by atoms with van der Waals surface area (Å²) in [5, 5.41) is 13.8. The smallest absolute Gasteiger partial charge is 0.335 e. The fourth-order valence-corrected chi connectivity index (χ4v) is 4.15. The molecule has 0 fully saturated rings. The fourth-order valence-electron chi connectivity index (χ4n) is 4.15. The summed E-state index contributed by atoms with van der Waals surface area (Å²) >= 11 is 0. The van der Waals surface area contributed by atoms with Gasteiger partial charge in [0.05, 0.1) is 28.8 Å². The summed E-state index contributed by atoms with van der Waals surface area (Å²) in [5.41, 5.74) is 11.3. The highest BCUT2D eigenvalue weighted by Gasteiger charge is 2.10. The third-order valence-corrected chi connectivity index (χ3v) is 5.90. The number of carboxylic acids is 1. The first-order valence-electron chi connectivity index (χ1n) is 11.2. The van der Waals surface area contributed by atoms with Gasteiger partial charge < -0.3 is 15.4 Å². The predicted octanol–water partition coefficient (Wildman–Crippen LogP) is 3.83. The SMILES string of the molecule is Nc1nc2ccccc2n1CCc1cccc(-c2ccc(=O)n(Cc3cccc(C(=O)O)c3)n2)c1. The lowest BCUT2D eigenvalue weighted by Crippen LogP contribution is -2.23. The van der Waals surface area contributed by atoms with Crippen molar-refractivity contribution in [2.24, 2.45) is 0 Å². The van der Waals surface area contributed by atoms with Crippen LogP contribution in [0.2, 0.25) is 0 Å². The van der Waals surface area contributed by atoms with Crippen molar-refractivity contribution in [3.63, 3.8) is 0 Å². The van der Waals surface area contributed by atoms with Gasteiger partial charge in [-0.2, -0.15) is 5.10 Å². The summed E-state index contributed by atoms with van der Waals surface area (Å²) in [5.74, 6) is -0.522. The van der Waals surface area contributed by atoms with Crippen LogP contribution in [0, 0.1) is 0 Å². The highest BCUT2D eigenvalue weighted by Crippen LogP contribution is 2.21. The van der Waals surface area contributed by atoms with Crippen molar-refractivity contribution in [2.75, 3.05) is 5.73 Å². The molecule has 0 bridgehead atoms. The Kier molecular flexibility index (Phi) is 5.85. The van der Waals surface area contributed by atoms with Gasteiger partial charge in [-0.3, -0.25) is 4.79 Å². The van der Waals surface area contributed by atoms with E-state index in [0.29, 0.717) is 23.8 Å². The summed E-state index contributed by atoms with van der Waals surface area (Å²) in [6, 6.07) is 25.6. The molecule has 5 rings (SSSR count). The van der Waals surface area contributed by atoms with E-state index in [1.165, 1.54) is 16.8 Å². The van der Waals surface area contributed by atoms with E-state index in [2.05, 4.69) is 16.1 Å². The van der Waals surface area contributed by atoms with Gasteiger partial charge in [-0.15, -0.1) is 0 Å². The maximum absolute atomic E-state index is 12.4. The maximum atomic E-state index is 12.4. The molecule has 3 aromatic carbocycles. The summed E-state index contributed by atoms with van der Waals surface area (Å²) < 4.78 is 3.35. The molecule has 5 aromatic rings. The first kappa shape index (κ1) is 22.1. The predicted molar refractivity (Wildman–Crippen MR) is 134 cm³/mol. The molecule has 0 unspecified atom stereocenters. The number of nitrogens with two attached hydrogens (primary N) is 1. The number of aromatic carboxylic acids is 1. The number of carboxylic acid groups (broad SMARTS) is 1. The zero-order valence-electron chi connectivity index (χ0n) is 18.8. The number of imidazole rings is 1. The van der Waals surface area contributed by atoms with Crippen molar-refractivity contribution < 1.29 is 9.90 Å². The zero-order chi connectivity index (χ0) is 24.4. The monoisotopic (exact) mass is 465 g/mol. The van der Waals surface area contributed by atoms with Crippen molar-refractivity contribution in [1.82, 2.24) is 19.3 Å². The van der Waals surface area contributed by atoms with Gasteiger partial charge in [0, 0.05) is 18.2 Å². The normalized spacial score (nSPS) is 11.1. The summed E-state index contributed by atoms with van der Waals surface area (Å²) in [4.78, 5) is 28.1. The molecule has 0 atom stereocenters. The lowest BCUT2D eigenvalue weighted by Gasteiger charge is -2.10. The Morgan fingerprint density at radius 3 is 2.57 bits per heavy atom. The van der Waals surface area contributed by atoms with Crippen LogP contribution in [0.5, 0.6) is 0 Å². The number of benzene rings is 3. The molecular weight excluding hydrogens is 442 g/mol. The zero-order valence-corrected chi connectivity index (χ0v) is 18.8. The van der Waals surface area contributed by atoms with Crippen LogP contribution in [-0.4, -0.2) is 30.4 Å². The number of aromatic nitrogens is 4. The van der Waals surface area contributed by atoms with Crippen molar-refractivity contribution in [1.29, 1.82) is 0 Å². The second-order valence-corrected chi connectivity index (χ2v) is 8.28. The van der Waals surface area contributed by atoms with E-state index in [0.717, 1.165) is 28.6 Å². The average molecular weight is 466 g/mol. The molecule has 8 heteroatoms. The van der Waals surface area contributed by atoms with Gasteiger partial charge in [0.1, 0.15) is 0 Å². The minimum absolute atomic E-state index is 0.172. The third-order valence-electron chi connectivity index (χ3n) is 5.90. The number of rotatable bonds is 7. The molecule has 0 radical (unpaired) electrons. The molecule has 0 amide bonds. The minimum atomic E-state index is -1.01. The second-order valence-electron chi connectivity index (χ2n) is 8.28. The van der Waals surface area contributed by atoms with E-state index in [1.54, 1.807) is 24.3 Å². The number of carbonyl (C=O) groups is 1. The Morgan fingerprint density at radius 2 is 1.71 bits per heavy atom. The van der Waals surface area contributed by atoms with Crippen molar-refractivity contribution >= 4 is 23.0 Å². The van der Waals surface area contributed by atoms with Gasteiger partial charge in [-0.25, -0.2) is 14.5 Å². The number of nitrogen functional groups attached to an aromatic ring is 1. The molecule has 35 heavy (non-hydrogen) atoms. The molecular formula is C27H23N5O3. The Hall–Kier alpha value is -4.72. The Labute approximate surface area is 200 Å². The number of nitrogens with zero attached hydrogens (tertiary/aromatic N) is 4. The average Bonchev–Trinajstić information content (AvgIpc) is 3.19. The number of para-hydroxylation sites is 2.